The van der Waals surface area contributed by atoms with Crippen molar-refractivity contribution in [2.24, 2.45) is 0 Å². The van der Waals surface area contributed by atoms with Crippen LogP contribution < -0.4 is 9.47 Å². The number of hydrogen-bond acceptors (Lipinski definition) is 4. The monoisotopic (exact) mass is 308 g/mol. The second-order valence-electron chi connectivity index (χ2n) is 4.66. The van der Waals surface area contributed by atoms with Crippen LogP contribution in [0.1, 0.15) is 50.7 Å². The summed E-state index contributed by atoms with van der Waals surface area (Å²) in [7, 11) is 0. The summed E-state index contributed by atoms with van der Waals surface area (Å²) in [6.45, 7) is 4.34. The van der Waals surface area contributed by atoms with Gasteiger partial charge in [-0.3, -0.25) is 0 Å². The normalized spacial score (nSPS) is 9.91. The van der Waals surface area contributed by atoms with Gasteiger partial charge in [-0.25, -0.2) is 8.78 Å². The van der Waals surface area contributed by atoms with E-state index in [0.717, 1.165) is 12.8 Å². The van der Waals surface area contributed by atoms with E-state index in [1.165, 1.54) is 0 Å². The Balaban J connectivity index is 3.36. The molecule has 0 heterocycles. The molecule has 0 aliphatic rings. The summed E-state index contributed by atoms with van der Waals surface area (Å²) >= 11 is 0. The molecular formula is C16H18F2N2O2. The van der Waals surface area contributed by atoms with Crippen molar-refractivity contribution in [2.45, 2.75) is 39.5 Å². The molecule has 0 saturated carbocycles. The van der Waals surface area contributed by atoms with Crippen LogP contribution in [-0.4, -0.2) is 13.2 Å². The second-order valence-corrected chi connectivity index (χ2v) is 4.66. The van der Waals surface area contributed by atoms with Gasteiger partial charge in [0.25, 0.3) is 0 Å². The molecule has 0 fully saturated rings. The van der Waals surface area contributed by atoms with Gasteiger partial charge >= 0.3 is 0 Å². The first-order valence-electron chi connectivity index (χ1n) is 7.22. The van der Waals surface area contributed by atoms with Gasteiger partial charge in [-0.2, -0.15) is 10.5 Å². The van der Waals surface area contributed by atoms with E-state index < -0.39 is 22.8 Å². The van der Waals surface area contributed by atoms with Crippen LogP contribution in [0.4, 0.5) is 8.78 Å². The number of halogens is 2. The van der Waals surface area contributed by atoms with E-state index in [1.54, 1.807) is 12.1 Å². The van der Waals surface area contributed by atoms with Gasteiger partial charge in [0.15, 0.2) is 23.1 Å². The lowest BCUT2D eigenvalue weighted by molar-refractivity contribution is 0.257. The largest absolute Gasteiger partial charge is 0.488 e. The summed E-state index contributed by atoms with van der Waals surface area (Å²) in [5.74, 6) is -3.15. The van der Waals surface area contributed by atoms with E-state index in [4.69, 9.17) is 20.0 Å². The van der Waals surface area contributed by atoms with E-state index in [0.29, 0.717) is 12.8 Å². The van der Waals surface area contributed by atoms with Crippen molar-refractivity contribution >= 4 is 0 Å². The Morgan fingerprint density at radius 1 is 0.818 bits per heavy atom. The Morgan fingerprint density at radius 2 is 1.18 bits per heavy atom. The zero-order chi connectivity index (χ0) is 16.5. The highest BCUT2D eigenvalue weighted by atomic mass is 19.2. The van der Waals surface area contributed by atoms with Gasteiger partial charge in [-0.1, -0.05) is 26.7 Å². The van der Waals surface area contributed by atoms with Crippen LogP contribution in [0.3, 0.4) is 0 Å². The maximum absolute atomic E-state index is 13.9. The van der Waals surface area contributed by atoms with Crippen molar-refractivity contribution < 1.29 is 18.3 Å². The molecule has 0 aliphatic heterocycles. The molecule has 0 aliphatic carbocycles. The first-order valence-corrected chi connectivity index (χ1v) is 7.22. The lowest BCUT2D eigenvalue weighted by Crippen LogP contribution is -2.09. The molecule has 1 aromatic carbocycles. The molecule has 0 bridgehead atoms. The lowest BCUT2D eigenvalue weighted by atomic mass is 10.1. The number of rotatable bonds is 8. The Kier molecular flexibility index (Phi) is 7.12. The predicted octanol–water partition coefficient (Wildman–Crippen LogP) is 4.07. The number of hydrogen-bond donors (Lipinski definition) is 0. The minimum absolute atomic E-state index is 0.192. The van der Waals surface area contributed by atoms with E-state index in [-0.39, 0.29) is 24.7 Å². The Labute approximate surface area is 128 Å². The maximum atomic E-state index is 13.9. The number of nitrogens with zero attached hydrogens (tertiary/aromatic N) is 2. The highest BCUT2D eigenvalue weighted by Gasteiger charge is 2.27. The summed E-state index contributed by atoms with van der Waals surface area (Å²) in [4.78, 5) is 0. The quantitative estimate of drug-likeness (QED) is 0.679. The van der Waals surface area contributed by atoms with Gasteiger partial charge < -0.3 is 9.47 Å². The van der Waals surface area contributed by atoms with E-state index in [2.05, 4.69) is 0 Å². The van der Waals surface area contributed by atoms with Crippen LogP contribution in [-0.2, 0) is 0 Å². The topological polar surface area (TPSA) is 66.0 Å². The molecule has 0 amide bonds. The first kappa shape index (κ1) is 17.7. The summed E-state index contributed by atoms with van der Waals surface area (Å²) in [6.07, 6.45) is 3.03. The SMILES string of the molecule is CCCCOc1c(C#N)c(F)c(F)c(C#N)c1OCCCC. The lowest BCUT2D eigenvalue weighted by Gasteiger charge is -2.16. The van der Waals surface area contributed by atoms with Crippen molar-refractivity contribution in [1.29, 1.82) is 10.5 Å². The highest BCUT2D eigenvalue weighted by molar-refractivity contribution is 5.61. The third-order valence-electron chi connectivity index (χ3n) is 3.00. The molecule has 0 radical (unpaired) electrons. The highest BCUT2D eigenvalue weighted by Crippen LogP contribution is 2.38. The zero-order valence-electron chi connectivity index (χ0n) is 12.7. The molecule has 0 unspecified atom stereocenters. The van der Waals surface area contributed by atoms with Crippen molar-refractivity contribution in [3.8, 4) is 23.6 Å². The summed E-state index contributed by atoms with van der Waals surface area (Å²) in [5, 5.41) is 18.1. The van der Waals surface area contributed by atoms with Crippen LogP contribution in [0.5, 0.6) is 11.5 Å². The van der Waals surface area contributed by atoms with Crippen LogP contribution in [0, 0.1) is 34.3 Å². The molecule has 1 rings (SSSR count). The van der Waals surface area contributed by atoms with Crippen LogP contribution in [0.2, 0.25) is 0 Å². The molecule has 1 aromatic rings. The number of nitriles is 2. The fourth-order valence-electron chi connectivity index (χ4n) is 1.76. The Morgan fingerprint density at radius 3 is 1.45 bits per heavy atom. The van der Waals surface area contributed by atoms with Gasteiger partial charge in [-0.15, -0.1) is 0 Å². The van der Waals surface area contributed by atoms with E-state index >= 15 is 0 Å². The van der Waals surface area contributed by atoms with Crippen molar-refractivity contribution in [2.75, 3.05) is 13.2 Å². The van der Waals surface area contributed by atoms with Gasteiger partial charge in [0.05, 0.1) is 13.2 Å². The molecule has 118 valence electrons. The van der Waals surface area contributed by atoms with Crippen LogP contribution in [0.15, 0.2) is 0 Å². The van der Waals surface area contributed by atoms with E-state index in [9.17, 15) is 8.78 Å². The standard InChI is InChI=1S/C16H18F2N2O2/c1-3-5-7-21-15-11(9-19)13(17)14(18)12(10-20)16(15)22-8-6-4-2/h3-8H2,1-2H3. The van der Waals surface area contributed by atoms with E-state index in [1.807, 2.05) is 13.8 Å². The Bertz CT molecular complexity index is 551. The Hall–Kier alpha value is -2.34. The second kappa shape index (κ2) is 8.84. The number of unbranched alkanes of at least 4 members (excludes halogenated alkanes) is 2. The molecule has 0 saturated heterocycles. The molecule has 0 N–H and O–H groups in total. The summed E-state index contributed by atoms with van der Waals surface area (Å²) in [5.41, 5.74) is -1.14. The van der Waals surface area contributed by atoms with Crippen molar-refractivity contribution in [3.05, 3.63) is 22.8 Å². The van der Waals surface area contributed by atoms with Gasteiger partial charge in [0.2, 0.25) is 0 Å². The summed E-state index contributed by atoms with van der Waals surface area (Å²) in [6, 6.07) is 3.17. The molecule has 4 nitrogen and oxygen atoms in total. The molecule has 0 aromatic heterocycles. The van der Waals surface area contributed by atoms with Gasteiger partial charge in [0, 0.05) is 0 Å². The molecule has 22 heavy (non-hydrogen) atoms. The molecule has 0 spiro atoms. The minimum Gasteiger partial charge on any atom is -0.488 e. The maximum Gasteiger partial charge on any atom is 0.183 e. The van der Waals surface area contributed by atoms with Crippen molar-refractivity contribution in [1.82, 2.24) is 0 Å². The number of benzene rings is 1. The van der Waals surface area contributed by atoms with Crippen LogP contribution >= 0.6 is 0 Å². The molecule has 6 heteroatoms. The van der Waals surface area contributed by atoms with Gasteiger partial charge in [0.1, 0.15) is 23.3 Å². The molecule has 0 atom stereocenters. The predicted molar refractivity (Wildman–Crippen MR) is 76.6 cm³/mol. The fraction of sp³-hybridized carbons (Fsp3) is 0.500. The summed E-state index contributed by atoms with van der Waals surface area (Å²) < 4.78 is 38.6. The fourth-order valence-corrected chi connectivity index (χ4v) is 1.76. The van der Waals surface area contributed by atoms with Gasteiger partial charge in [-0.05, 0) is 12.8 Å². The smallest absolute Gasteiger partial charge is 0.183 e. The first-order chi connectivity index (χ1) is 10.6. The average Bonchev–Trinajstić information content (AvgIpc) is 2.52. The number of ether oxygens (including phenoxy) is 2. The van der Waals surface area contributed by atoms with Crippen molar-refractivity contribution in [3.63, 3.8) is 0 Å². The zero-order valence-corrected chi connectivity index (χ0v) is 12.7. The average molecular weight is 308 g/mol. The molecular weight excluding hydrogens is 290 g/mol. The minimum atomic E-state index is -1.38. The third kappa shape index (κ3) is 3.85. The third-order valence-corrected chi connectivity index (χ3v) is 3.00. The van der Waals surface area contributed by atoms with Crippen LogP contribution in [0.25, 0.3) is 0 Å².